The molecule has 1 unspecified atom stereocenters. The first kappa shape index (κ1) is 29.3. The third-order valence-electron chi connectivity index (χ3n) is 10.2. The largest absolute Gasteiger partial charge is 0.415 e. The van der Waals surface area contributed by atoms with Crippen molar-refractivity contribution in [2.75, 3.05) is 0 Å². The lowest BCUT2D eigenvalue weighted by atomic mass is 9.47. The van der Waals surface area contributed by atoms with E-state index in [-0.39, 0.29) is 6.10 Å². The van der Waals surface area contributed by atoms with Crippen LogP contribution in [-0.2, 0) is 13.3 Å². The summed E-state index contributed by atoms with van der Waals surface area (Å²) >= 11 is 0. The fraction of sp³-hybridized carbons (Fsp3) is 0.933. The molecule has 0 amide bonds. The van der Waals surface area contributed by atoms with E-state index in [1.807, 2.05) is 0 Å². The maximum Gasteiger partial charge on any atom is 0.184 e. The Morgan fingerprint density at radius 3 is 2.06 bits per heavy atom. The molecule has 0 radical (unpaired) electrons. The van der Waals surface area contributed by atoms with E-state index >= 15 is 0 Å². The Labute approximate surface area is 226 Å². The van der Waals surface area contributed by atoms with Gasteiger partial charge in [-0.15, -0.1) is 0 Å². The maximum absolute atomic E-state index is 7.02. The molecule has 0 aromatic rings. The Kier molecular flexibility index (Phi) is 7.90. The van der Waals surface area contributed by atoms with Crippen molar-refractivity contribution in [2.24, 2.45) is 34.5 Å². The van der Waals surface area contributed by atoms with Crippen molar-refractivity contribution in [3.63, 3.8) is 0 Å². The molecule has 4 aliphatic rings. The van der Waals surface area contributed by atoms with Crippen LogP contribution in [0, 0.1) is 34.5 Å². The molecular weight excluding hydrogens is 493 g/mol. The molecule has 0 aromatic carbocycles. The van der Waals surface area contributed by atoms with Gasteiger partial charge >= 0.3 is 0 Å². The molecule has 6 heteroatoms. The van der Waals surface area contributed by atoms with Gasteiger partial charge in [0.25, 0.3) is 0 Å². The van der Waals surface area contributed by atoms with E-state index in [9.17, 15) is 0 Å². The molecule has 3 saturated carbocycles. The van der Waals surface area contributed by atoms with Crippen LogP contribution in [0.4, 0.5) is 0 Å². The van der Waals surface area contributed by atoms with E-state index < -0.39 is 25.0 Å². The molecule has 208 valence electrons. The first-order valence-corrected chi connectivity index (χ1v) is 25.3. The molecule has 0 heterocycles. The Morgan fingerprint density at radius 2 is 1.47 bits per heavy atom. The van der Waals surface area contributed by atoms with Gasteiger partial charge in [-0.25, -0.2) is 0 Å². The lowest BCUT2D eigenvalue weighted by Gasteiger charge is -2.58. The minimum absolute atomic E-state index is 0.281. The molecule has 0 aromatic heterocycles. The highest BCUT2D eigenvalue weighted by Gasteiger charge is 2.63. The molecule has 0 bridgehead atoms. The Hall–Kier alpha value is 0.271. The second-order valence-electron chi connectivity index (χ2n) is 16.4. The molecule has 4 rings (SSSR count). The van der Waals surface area contributed by atoms with Crippen LogP contribution in [0.25, 0.3) is 0 Å². The van der Waals surface area contributed by atoms with Gasteiger partial charge in [0.05, 0.1) is 6.10 Å². The average Bonchev–Trinajstić information content (AvgIpc) is 2.96. The fourth-order valence-corrected chi connectivity index (χ4v) is 12.9. The quantitative estimate of drug-likeness (QED) is 0.234. The van der Waals surface area contributed by atoms with Gasteiger partial charge in [-0.2, -0.15) is 0 Å². The smallest absolute Gasteiger partial charge is 0.184 e. The van der Waals surface area contributed by atoms with E-state index in [1.54, 1.807) is 5.57 Å². The summed E-state index contributed by atoms with van der Waals surface area (Å²) in [7, 11) is -4.77. The first-order chi connectivity index (χ1) is 16.3. The van der Waals surface area contributed by atoms with E-state index in [0.29, 0.717) is 29.0 Å². The highest BCUT2D eigenvalue weighted by molar-refractivity contribution is 6.70. The van der Waals surface area contributed by atoms with Gasteiger partial charge in [0.15, 0.2) is 25.0 Å². The van der Waals surface area contributed by atoms with Crippen molar-refractivity contribution >= 4 is 25.0 Å². The summed E-state index contributed by atoms with van der Waals surface area (Å²) in [6.07, 6.45) is 12.7. The predicted molar refractivity (Wildman–Crippen MR) is 161 cm³/mol. The molecule has 0 saturated heterocycles. The zero-order valence-corrected chi connectivity index (χ0v) is 28.8. The average molecular weight is 551 g/mol. The summed E-state index contributed by atoms with van der Waals surface area (Å²) in [6, 6.07) is 0. The van der Waals surface area contributed by atoms with Gasteiger partial charge in [-0.1, -0.05) is 25.5 Å². The van der Waals surface area contributed by atoms with E-state index in [1.165, 1.54) is 44.9 Å². The standard InChI is InChI=1S/C30H58O3Si3/c1-21(31-34(4,5)6)28-27(33-36(10,11)12)20-26-24-14-13-22-19-23(32-35(7,8)9)15-17-29(22,2)25(24)16-18-30(26,28)3/h13,21,23-28H,14-20H2,1-12H3/t21?,23-,24+,25-,26-,27+,28-,29-,30-/m0/s1. The van der Waals surface area contributed by atoms with Gasteiger partial charge in [0.1, 0.15) is 0 Å². The van der Waals surface area contributed by atoms with Crippen LogP contribution >= 0.6 is 0 Å². The lowest BCUT2D eigenvalue weighted by Crippen LogP contribution is -2.53. The minimum atomic E-state index is -1.65. The Bertz CT molecular complexity index is 838. The highest BCUT2D eigenvalue weighted by atomic mass is 28.4. The maximum atomic E-state index is 7.02. The van der Waals surface area contributed by atoms with Gasteiger partial charge in [-0.05, 0) is 139 Å². The second-order valence-corrected chi connectivity index (χ2v) is 29.7. The van der Waals surface area contributed by atoms with E-state index in [4.69, 9.17) is 13.3 Å². The summed E-state index contributed by atoms with van der Waals surface area (Å²) in [4.78, 5) is 0. The highest BCUT2D eigenvalue weighted by Crippen LogP contribution is 2.67. The fourth-order valence-electron chi connectivity index (χ4n) is 9.30. The monoisotopic (exact) mass is 550 g/mol. The van der Waals surface area contributed by atoms with Crippen LogP contribution in [0.5, 0.6) is 0 Å². The van der Waals surface area contributed by atoms with Crippen molar-refractivity contribution in [3.05, 3.63) is 11.6 Å². The molecular formula is C30H58O3Si3. The van der Waals surface area contributed by atoms with Crippen LogP contribution < -0.4 is 0 Å². The number of rotatable bonds is 7. The number of fused-ring (bicyclic) bond motifs is 5. The first-order valence-electron chi connectivity index (χ1n) is 15.1. The Morgan fingerprint density at radius 1 is 0.833 bits per heavy atom. The number of allylic oxidation sites excluding steroid dienone is 1. The van der Waals surface area contributed by atoms with Crippen LogP contribution in [0.2, 0.25) is 58.9 Å². The van der Waals surface area contributed by atoms with Crippen molar-refractivity contribution in [1.29, 1.82) is 0 Å². The van der Waals surface area contributed by atoms with Crippen molar-refractivity contribution in [1.82, 2.24) is 0 Å². The molecule has 0 aliphatic heterocycles. The summed E-state index contributed by atoms with van der Waals surface area (Å²) in [5.41, 5.74) is 2.43. The van der Waals surface area contributed by atoms with Gasteiger partial charge in [0, 0.05) is 18.1 Å². The summed E-state index contributed by atoms with van der Waals surface area (Å²) in [5.74, 6) is 2.88. The third kappa shape index (κ3) is 5.89. The zero-order valence-electron chi connectivity index (χ0n) is 25.8. The van der Waals surface area contributed by atoms with E-state index in [2.05, 4.69) is 85.8 Å². The normalized spacial score (nSPS) is 42.3. The molecule has 3 nitrogen and oxygen atoms in total. The van der Waals surface area contributed by atoms with Gasteiger partial charge < -0.3 is 13.3 Å². The summed E-state index contributed by atoms with van der Waals surface area (Å²) in [6.45, 7) is 28.8. The van der Waals surface area contributed by atoms with Crippen molar-refractivity contribution in [3.8, 4) is 0 Å². The van der Waals surface area contributed by atoms with Crippen LogP contribution in [0.15, 0.2) is 11.6 Å². The summed E-state index contributed by atoms with van der Waals surface area (Å²) in [5, 5.41) is 0. The summed E-state index contributed by atoms with van der Waals surface area (Å²) < 4.78 is 20.5. The second kappa shape index (κ2) is 9.72. The third-order valence-corrected chi connectivity index (χ3v) is 13.3. The van der Waals surface area contributed by atoms with Crippen LogP contribution in [-0.4, -0.2) is 43.3 Å². The van der Waals surface area contributed by atoms with Crippen LogP contribution in [0.3, 0.4) is 0 Å². The number of hydrogen-bond acceptors (Lipinski definition) is 3. The zero-order chi connectivity index (χ0) is 26.9. The molecule has 0 spiro atoms. The SMILES string of the molecule is CC(O[Si](C)(C)C)[C@H]1[C@H](O[Si](C)(C)C)C[C@H]2[C@@H]3CC=C4C[C@@H](O[Si](C)(C)C)CC[C@]4(C)[C@H]3CC[C@@]21C. The molecule has 4 aliphatic carbocycles. The molecule has 0 N–H and O–H groups in total. The predicted octanol–water partition coefficient (Wildman–Crippen LogP) is 8.86. The molecule has 9 atom stereocenters. The van der Waals surface area contributed by atoms with Gasteiger partial charge in [0.2, 0.25) is 0 Å². The molecule has 3 fully saturated rings. The van der Waals surface area contributed by atoms with Gasteiger partial charge in [-0.3, -0.25) is 0 Å². The van der Waals surface area contributed by atoms with Crippen molar-refractivity contribution in [2.45, 2.75) is 143 Å². The lowest BCUT2D eigenvalue weighted by molar-refractivity contribution is -0.0711. The van der Waals surface area contributed by atoms with Crippen LogP contribution in [0.1, 0.15) is 65.7 Å². The number of hydrogen-bond donors (Lipinski definition) is 0. The Balaban J connectivity index is 1.61. The van der Waals surface area contributed by atoms with E-state index in [0.717, 1.165) is 17.8 Å². The minimum Gasteiger partial charge on any atom is -0.415 e. The molecule has 36 heavy (non-hydrogen) atoms. The topological polar surface area (TPSA) is 27.7 Å². The van der Waals surface area contributed by atoms with Crippen molar-refractivity contribution < 1.29 is 13.3 Å².